The summed E-state index contributed by atoms with van der Waals surface area (Å²) in [5.41, 5.74) is 3.56. The lowest BCUT2D eigenvalue weighted by atomic mass is 10.1. The number of nitrogens with one attached hydrogen (secondary N) is 1. The number of aliphatic hydroxyl groups excluding tert-OH is 1. The van der Waals surface area contributed by atoms with Crippen molar-refractivity contribution >= 4 is 0 Å². The fraction of sp³-hybridized carbons (Fsp3) is 0.647. The van der Waals surface area contributed by atoms with Crippen LogP contribution in [0.1, 0.15) is 36.0 Å². The monoisotopic (exact) mass is 313 g/mol. The second-order valence-corrected chi connectivity index (χ2v) is 6.21. The van der Waals surface area contributed by atoms with E-state index < -0.39 is 0 Å². The first-order valence-electron chi connectivity index (χ1n) is 7.78. The number of hydrogen-bond acceptors (Lipinski definition) is 2. The molecule has 0 spiro atoms. The molecule has 0 saturated carbocycles. The molecule has 2 rings (SSSR count). The number of quaternary nitrogens is 1. The van der Waals surface area contributed by atoms with Gasteiger partial charge in [-0.25, -0.2) is 0 Å². The average molecular weight is 314 g/mol. The minimum Gasteiger partial charge on any atom is -1.00 e. The highest BCUT2D eigenvalue weighted by Crippen LogP contribution is 2.24. The van der Waals surface area contributed by atoms with Gasteiger partial charge in [-0.2, -0.15) is 0 Å². The lowest BCUT2D eigenvalue weighted by Gasteiger charge is -2.26. The number of ether oxygens (including phenoxy) is 1. The third-order valence-electron chi connectivity index (χ3n) is 4.11. The first-order chi connectivity index (χ1) is 9.56. The summed E-state index contributed by atoms with van der Waals surface area (Å²) >= 11 is 0. The molecule has 1 unspecified atom stereocenters. The van der Waals surface area contributed by atoms with Crippen molar-refractivity contribution in [3.63, 3.8) is 0 Å². The van der Waals surface area contributed by atoms with Crippen LogP contribution in [0, 0.1) is 20.8 Å². The topological polar surface area (TPSA) is 33.9 Å². The molecule has 0 aromatic heterocycles. The zero-order valence-corrected chi connectivity index (χ0v) is 14.2. The molecule has 1 heterocycles. The van der Waals surface area contributed by atoms with E-state index >= 15 is 0 Å². The first kappa shape index (κ1) is 18.3. The van der Waals surface area contributed by atoms with Gasteiger partial charge in [0, 0.05) is 0 Å². The van der Waals surface area contributed by atoms with Crippen LogP contribution in [0.15, 0.2) is 12.1 Å². The van der Waals surface area contributed by atoms with E-state index in [-0.39, 0.29) is 18.5 Å². The maximum Gasteiger partial charge on any atom is 0.137 e. The Bertz CT molecular complexity index is 421. The summed E-state index contributed by atoms with van der Waals surface area (Å²) in [7, 11) is 0. The number of hydrogen-bond donors (Lipinski definition) is 2. The van der Waals surface area contributed by atoms with E-state index in [0.717, 1.165) is 23.4 Å². The summed E-state index contributed by atoms with van der Waals surface area (Å²) in [5, 5.41) is 10.2. The molecule has 0 bridgehead atoms. The van der Waals surface area contributed by atoms with Crippen LogP contribution in [0.2, 0.25) is 0 Å². The highest BCUT2D eigenvalue weighted by molar-refractivity contribution is 5.42. The van der Waals surface area contributed by atoms with E-state index in [2.05, 4.69) is 32.9 Å². The van der Waals surface area contributed by atoms with Gasteiger partial charge in [0.05, 0.1) is 13.1 Å². The van der Waals surface area contributed by atoms with Crippen molar-refractivity contribution < 1.29 is 27.2 Å². The van der Waals surface area contributed by atoms with Crippen LogP contribution in [0.3, 0.4) is 0 Å². The molecule has 2 N–H and O–H groups in total. The Morgan fingerprint density at radius 3 is 2.24 bits per heavy atom. The van der Waals surface area contributed by atoms with Gasteiger partial charge in [-0.3, -0.25) is 0 Å². The molecule has 0 radical (unpaired) electrons. The number of rotatable bonds is 5. The molecule has 1 fully saturated rings. The number of halogens is 1. The third-order valence-corrected chi connectivity index (χ3v) is 4.11. The van der Waals surface area contributed by atoms with E-state index in [9.17, 15) is 5.11 Å². The molecule has 1 saturated heterocycles. The van der Waals surface area contributed by atoms with E-state index in [0.29, 0.717) is 6.61 Å². The van der Waals surface area contributed by atoms with Crippen LogP contribution < -0.4 is 22.0 Å². The quantitative estimate of drug-likeness (QED) is 0.688. The second-order valence-electron chi connectivity index (χ2n) is 6.21. The number of benzene rings is 1. The van der Waals surface area contributed by atoms with E-state index in [1.807, 2.05) is 0 Å². The van der Waals surface area contributed by atoms with Gasteiger partial charge in [-0.05, 0) is 51.2 Å². The Morgan fingerprint density at radius 2 is 1.67 bits per heavy atom. The molecule has 1 aliphatic rings. The van der Waals surface area contributed by atoms with Gasteiger partial charge in [0.25, 0.3) is 0 Å². The minimum absolute atomic E-state index is 0. The Labute approximate surface area is 134 Å². The molecule has 1 aromatic carbocycles. The lowest BCUT2D eigenvalue weighted by Crippen LogP contribution is -3.14. The Kier molecular flexibility index (Phi) is 7.50. The van der Waals surface area contributed by atoms with E-state index in [1.165, 1.54) is 42.8 Å². The predicted octanol–water partition coefficient (Wildman–Crippen LogP) is -1.58. The van der Waals surface area contributed by atoms with Gasteiger partial charge in [0.15, 0.2) is 0 Å². The largest absolute Gasteiger partial charge is 1.00 e. The maximum atomic E-state index is 10.2. The molecule has 4 heteroatoms. The van der Waals surface area contributed by atoms with Crippen LogP contribution >= 0.6 is 0 Å². The van der Waals surface area contributed by atoms with Crippen LogP contribution in [0.25, 0.3) is 0 Å². The van der Waals surface area contributed by atoms with Gasteiger partial charge in [0.1, 0.15) is 25.0 Å². The van der Waals surface area contributed by atoms with Gasteiger partial charge in [-0.1, -0.05) is 17.7 Å². The third kappa shape index (κ3) is 5.50. The van der Waals surface area contributed by atoms with Crippen molar-refractivity contribution in [1.82, 2.24) is 0 Å². The minimum atomic E-state index is -0.372. The molecule has 0 aliphatic carbocycles. The average Bonchev–Trinajstić information content (AvgIpc) is 2.38. The lowest BCUT2D eigenvalue weighted by molar-refractivity contribution is -0.908. The summed E-state index contributed by atoms with van der Waals surface area (Å²) in [4.78, 5) is 1.52. The zero-order chi connectivity index (χ0) is 14.5. The molecule has 1 atom stereocenters. The van der Waals surface area contributed by atoms with Crippen molar-refractivity contribution in [1.29, 1.82) is 0 Å². The van der Waals surface area contributed by atoms with Crippen molar-refractivity contribution in [2.45, 2.75) is 46.1 Å². The predicted molar refractivity (Wildman–Crippen MR) is 81.6 cm³/mol. The van der Waals surface area contributed by atoms with Crippen molar-refractivity contribution in [3.05, 3.63) is 28.8 Å². The molecule has 0 amide bonds. The van der Waals surface area contributed by atoms with Crippen LogP contribution in [-0.2, 0) is 0 Å². The van der Waals surface area contributed by atoms with E-state index in [4.69, 9.17) is 4.74 Å². The Morgan fingerprint density at radius 1 is 1.10 bits per heavy atom. The number of aryl methyl sites for hydroxylation is 3. The van der Waals surface area contributed by atoms with E-state index in [1.54, 1.807) is 0 Å². The zero-order valence-electron chi connectivity index (χ0n) is 13.4. The molecule has 120 valence electrons. The molecule has 21 heavy (non-hydrogen) atoms. The molecule has 1 aliphatic heterocycles. The van der Waals surface area contributed by atoms with Crippen LogP contribution in [0.5, 0.6) is 5.75 Å². The summed E-state index contributed by atoms with van der Waals surface area (Å²) in [6, 6.07) is 4.26. The van der Waals surface area contributed by atoms with Gasteiger partial charge in [-0.15, -0.1) is 0 Å². The Balaban J connectivity index is 0.00000220. The molecular weight excluding hydrogens is 286 g/mol. The van der Waals surface area contributed by atoms with Crippen molar-refractivity contribution in [3.8, 4) is 5.75 Å². The normalized spacial score (nSPS) is 17.1. The second kappa shape index (κ2) is 8.62. The van der Waals surface area contributed by atoms with Crippen LogP contribution in [-0.4, -0.2) is 37.5 Å². The summed E-state index contributed by atoms with van der Waals surface area (Å²) in [6.07, 6.45) is 3.55. The van der Waals surface area contributed by atoms with Gasteiger partial charge >= 0.3 is 0 Å². The number of likely N-dealkylation sites (tertiary alicyclic amines) is 1. The SMILES string of the molecule is Cc1cc(C)c(OCC(O)C[NH+]2CCCCC2)c(C)c1.[Cl-]. The standard InChI is InChI=1S/C17H27NO2.ClH/c1-13-9-14(2)17(15(3)10-13)20-12-16(19)11-18-7-5-4-6-8-18;/h9-10,16,19H,4-8,11-12H2,1-3H3;1H. The smallest absolute Gasteiger partial charge is 0.137 e. The summed E-state index contributed by atoms with van der Waals surface area (Å²) < 4.78 is 5.86. The molecule has 1 aromatic rings. The van der Waals surface area contributed by atoms with Crippen molar-refractivity contribution in [2.24, 2.45) is 0 Å². The first-order valence-corrected chi connectivity index (χ1v) is 7.78. The van der Waals surface area contributed by atoms with Gasteiger partial charge < -0.3 is 27.2 Å². The number of piperidine rings is 1. The van der Waals surface area contributed by atoms with Gasteiger partial charge in [0.2, 0.25) is 0 Å². The summed E-state index contributed by atoms with van der Waals surface area (Å²) in [5.74, 6) is 0.934. The fourth-order valence-corrected chi connectivity index (χ4v) is 3.22. The summed E-state index contributed by atoms with van der Waals surface area (Å²) in [6.45, 7) is 9.82. The fourth-order valence-electron chi connectivity index (χ4n) is 3.22. The number of aliphatic hydroxyl groups is 1. The molecular formula is C17H28ClNO2. The highest BCUT2D eigenvalue weighted by atomic mass is 35.5. The maximum absolute atomic E-state index is 10.2. The Hall–Kier alpha value is -0.770. The molecule has 3 nitrogen and oxygen atoms in total. The van der Waals surface area contributed by atoms with Crippen LogP contribution in [0.4, 0.5) is 0 Å². The highest BCUT2D eigenvalue weighted by Gasteiger charge is 2.18. The van der Waals surface area contributed by atoms with Crippen molar-refractivity contribution in [2.75, 3.05) is 26.2 Å².